The largest absolute Gasteiger partial charge is 0.494 e. The van der Waals surface area contributed by atoms with Crippen LogP contribution in [0.1, 0.15) is 37.8 Å². The molecular formula is C15H22ClFN2O2. The van der Waals surface area contributed by atoms with Crippen LogP contribution in [-0.4, -0.2) is 25.6 Å². The minimum absolute atomic E-state index is 0. The quantitative estimate of drug-likeness (QED) is 0.897. The van der Waals surface area contributed by atoms with E-state index in [1.54, 1.807) is 12.1 Å². The number of benzene rings is 1. The molecule has 1 amide bonds. The van der Waals surface area contributed by atoms with Gasteiger partial charge >= 0.3 is 0 Å². The molecule has 6 heteroatoms. The van der Waals surface area contributed by atoms with Gasteiger partial charge in [-0.15, -0.1) is 12.4 Å². The zero-order valence-corrected chi connectivity index (χ0v) is 13.1. The molecule has 0 spiro atoms. The van der Waals surface area contributed by atoms with E-state index in [0.29, 0.717) is 0 Å². The van der Waals surface area contributed by atoms with Crippen molar-refractivity contribution in [3.63, 3.8) is 0 Å². The molecule has 2 unspecified atom stereocenters. The molecule has 1 aliphatic rings. The normalized spacial score (nSPS) is 19.3. The molecule has 1 aliphatic heterocycles. The van der Waals surface area contributed by atoms with Crippen molar-refractivity contribution >= 4 is 18.3 Å². The molecule has 0 saturated carbocycles. The standard InChI is InChI=1S/C15H21FN2O2.ClH/c1-10(11-6-7-14(20-2)12(16)9-11)18-15(19)13-5-3-4-8-17-13;/h6-7,9-10,13,17H,3-5,8H2,1-2H3,(H,18,19);1H. The summed E-state index contributed by atoms with van der Waals surface area (Å²) in [7, 11) is 1.43. The molecule has 1 heterocycles. The number of rotatable bonds is 4. The number of amides is 1. The lowest BCUT2D eigenvalue weighted by atomic mass is 10.0. The van der Waals surface area contributed by atoms with E-state index in [0.717, 1.165) is 31.4 Å². The number of hydrogen-bond donors (Lipinski definition) is 2. The monoisotopic (exact) mass is 316 g/mol. The second-order valence-electron chi connectivity index (χ2n) is 5.13. The summed E-state index contributed by atoms with van der Waals surface area (Å²) in [5, 5.41) is 6.12. The van der Waals surface area contributed by atoms with Crippen LogP contribution in [0.4, 0.5) is 4.39 Å². The second-order valence-corrected chi connectivity index (χ2v) is 5.13. The number of ether oxygens (including phenoxy) is 1. The van der Waals surface area contributed by atoms with Gasteiger partial charge in [-0.2, -0.15) is 0 Å². The molecule has 1 saturated heterocycles. The van der Waals surface area contributed by atoms with Crippen LogP contribution in [0.3, 0.4) is 0 Å². The van der Waals surface area contributed by atoms with Gasteiger partial charge in [-0.1, -0.05) is 12.5 Å². The lowest BCUT2D eigenvalue weighted by molar-refractivity contribution is -0.124. The summed E-state index contributed by atoms with van der Waals surface area (Å²) in [5.74, 6) is -0.225. The van der Waals surface area contributed by atoms with Gasteiger partial charge in [0.1, 0.15) is 0 Å². The van der Waals surface area contributed by atoms with Crippen LogP contribution in [-0.2, 0) is 4.79 Å². The van der Waals surface area contributed by atoms with Crippen LogP contribution in [0.15, 0.2) is 18.2 Å². The van der Waals surface area contributed by atoms with E-state index >= 15 is 0 Å². The second kappa shape index (κ2) is 8.20. The number of hydrogen-bond acceptors (Lipinski definition) is 3. The van der Waals surface area contributed by atoms with Gasteiger partial charge in [0.25, 0.3) is 0 Å². The summed E-state index contributed by atoms with van der Waals surface area (Å²) in [6.45, 7) is 2.73. The van der Waals surface area contributed by atoms with E-state index in [-0.39, 0.29) is 36.1 Å². The lowest BCUT2D eigenvalue weighted by Gasteiger charge is -2.24. The van der Waals surface area contributed by atoms with E-state index in [2.05, 4.69) is 10.6 Å². The third kappa shape index (κ3) is 4.58. The van der Waals surface area contributed by atoms with E-state index in [9.17, 15) is 9.18 Å². The highest BCUT2D eigenvalue weighted by molar-refractivity contribution is 5.85. The fourth-order valence-corrected chi connectivity index (χ4v) is 2.42. The Kier molecular flexibility index (Phi) is 6.92. The minimum atomic E-state index is -0.415. The van der Waals surface area contributed by atoms with Gasteiger partial charge in [0.15, 0.2) is 11.6 Å². The molecule has 2 rings (SSSR count). The molecule has 1 aromatic carbocycles. The first kappa shape index (κ1) is 17.7. The first-order chi connectivity index (χ1) is 9.61. The van der Waals surface area contributed by atoms with Gasteiger partial charge in [0.05, 0.1) is 19.2 Å². The zero-order chi connectivity index (χ0) is 14.5. The van der Waals surface area contributed by atoms with Crippen molar-refractivity contribution in [3.8, 4) is 5.75 Å². The highest BCUT2D eigenvalue weighted by Gasteiger charge is 2.22. The summed E-state index contributed by atoms with van der Waals surface area (Å²) >= 11 is 0. The number of carbonyl (C=O) groups excluding carboxylic acids is 1. The van der Waals surface area contributed by atoms with E-state index in [1.165, 1.54) is 13.2 Å². The summed E-state index contributed by atoms with van der Waals surface area (Å²) < 4.78 is 18.5. The maximum Gasteiger partial charge on any atom is 0.237 e. The van der Waals surface area contributed by atoms with Crippen molar-refractivity contribution in [1.82, 2.24) is 10.6 Å². The highest BCUT2D eigenvalue weighted by Crippen LogP contribution is 2.22. The van der Waals surface area contributed by atoms with E-state index < -0.39 is 5.82 Å². The Morgan fingerprint density at radius 3 is 2.81 bits per heavy atom. The number of nitrogens with one attached hydrogen (secondary N) is 2. The van der Waals surface area contributed by atoms with E-state index in [4.69, 9.17) is 4.74 Å². The molecular weight excluding hydrogens is 295 g/mol. The third-order valence-corrected chi connectivity index (χ3v) is 3.66. The first-order valence-corrected chi connectivity index (χ1v) is 6.99. The zero-order valence-electron chi connectivity index (χ0n) is 12.3. The molecule has 0 radical (unpaired) electrons. The molecule has 2 atom stereocenters. The molecule has 0 aromatic heterocycles. The Balaban J connectivity index is 0.00000220. The summed E-state index contributed by atoms with van der Waals surface area (Å²) in [5.41, 5.74) is 0.729. The Hall–Kier alpha value is -1.33. The predicted molar refractivity (Wildman–Crippen MR) is 82.4 cm³/mol. The SMILES string of the molecule is COc1ccc(C(C)NC(=O)C2CCCCN2)cc1F.Cl. The fraction of sp³-hybridized carbons (Fsp3) is 0.533. The van der Waals surface area contributed by atoms with Crippen LogP contribution in [0.5, 0.6) is 5.75 Å². The topological polar surface area (TPSA) is 50.4 Å². The molecule has 2 N–H and O–H groups in total. The third-order valence-electron chi connectivity index (χ3n) is 3.66. The molecule has 21 heavy (non-hydrogen) atoms. The van der Waals surface area contributed by atoms with Crippen molar-refractivity contribution in [2.75, 3.05) is 13.7 Å². The van der Waals surface area contributed by atoms with Crippen LogP contribution in [0, 0.1) is 5.82 Å². The molecule has 0 aliphatic carbocycles. The number of halogens is 2. The average Bonchev–Trinajstić information content (AvgIpc) is 2.48. The van der Waals surface area contributed by atoms with Crippen LogP contribution >= 0.6 is 12.4 Å². The van der Waals surface area contributed by atoms with Crippen molar-refractivity contribution < 1.29 is 13.9 Å². The Morgan fingerprint density at radius 1 is 1.48 bits per heavy atom. The van der Waals surface area contributed by atoms with Crippen LogP contribution in [0.2, 0.25) is 0 Å². The van der Waals surface area contributed by atoms with E-state index in [1.807, 2.05) is 6.92 Å². The van der Waals surface area contributed by atoms with Gasteiger partial charge in [0.2, 0.25) is 5.91 Å². The number of methoxy groups -OCH3 is 1. The Bertz CT molecular complexity index is 479. The highest BCUT2D eigenvalue weighted by atomic mass is 35.5. The summed E-state index contributed by atoms with van der Waals surface area (Å²) in [6.07, 6.45) is 3.04. The summed E-state index contributed by atoms with van der Waals surface area (Å²) in [6, 6.07) is 4.38. The molecule has 1 fully saturated rings. The van der Waals surface area contributed by atoms with Crippen molar-refractivity contribution in [3.05, 3.63) is 29.6 Å². The average molecular weight is 317 g/mol. The number of piperidine rings is 1. The van der Waals surface area contributed by atoms with Gasteiger partial charge in [-0.3, -0.25) is 4.79 Å². The minimum Gasteiger partial charge on any atom is -0.494 e. The van der Waals surface area contributed by atoms with Crippen molar-refractivity contribution in [1.29, 1.82) is 0 Å². The first-order valence-electron chi connectivity index (χ1n) is 6.99. The van der Waals surface area contributed by atoms with Gasteiger partial charge < -0.3 is 15.4 Å². The lowest BCUT2D eigenvalue weighted by Crippen LogP contribution is -2.47. The van der Waals surface area contributed by atoms with Gasteiger partial charge in [-0.25, -0.2) is 4.39 Å². The molecule has 118 valence electrons. The maximum atomic E-state index is 13.7. The predicted octanol–water partition coefficient (Wildman–Crippen LogP) is 2.58. The Labute approximate surface area is 130 Å². The Morgan fingerprint density at radius 2 is 2.24 bits per heavy atom. The van der Waals surface area contributed by atoms with Crippen LogP contribution < -0.4 is 15.4 Å². The molecule has 1 aromatic rings. The number of carbonyl (C=O) groups is 1. The summed E-state index contributed by atoms with van der Waals surface area (Å²) in [4.78, 5) is 12.1. The molecule has 0 bridgehead atoms. The molecule has 4 nitrogen and oxygen atoms in total. The van der Waals surface area contributed by atoms with Gasteiger partial charge in [0, 0.05) is 0 Å². The van der Waals surface area contributed by atoms with Crippen molar-refractivity contribution in [2.24, 2.45) is 0 Å². The van der Waals surface area contributed by atoms with Crippen LogP contribution in [0.25, 0.3) is 0 Å². The van der Waals surface area contributed by atoms with Gasteiger partial charge in [-0.05, 0) is 44.0 Å². The maximum absolute atomic E-state index is 13.7. The smallest absolute Gasteiger partial charge is 0.237 e. The van der Waals surface area contributed by atoms with Crippen molar-refractivity contribution in [2.45, 2.75) is 38.3 Å². The fourth-order valence-electron chi connectivity index (χ4n) is 2.42.